The molecule has 0 radical (unpaired) electrons. The van der Waals surface area contributed by atoms with Gasteiger partial charge in [-0.05, 0) is 36.8 Å². The van der Waals surface area contributed by atoms with Crippen molar-refractivity contribution in [1.29, 1.82) is 0 Å². The number of pyridine rings is 1. The average Bonchev–Trinajstić information content (AvgIpc) is 2.79. The molecule has 0 saturated heterocycles. The van der Waals surface area contributed by atoms with Gasteiger partial charge in [-0.25, -0.2) is 4.68 Å². The van der Waals surface area contributed by atoms with Crippen LogP contribution in [0.2, 0.25) is 0 Å². The highest BCUT2D eigenvalue weighted by Crippen LogP contribution is 2.55. The number of para-hydroxylation sites is 2. The molecule has 0 bridgehead atoms. The molecule has 9 heteroatoms. The van der Waals surface area contributed by atoms with E-state index in [0.717, 1.165) is 11.1 Å². The summed E-state index contributed by atoms with van der Waals surface area (Å²) in [4.78, 5) is 13.8. The summed E-state index contributed by atoms with van der Waals surface area (Å²) in [7, 11) is -3.55. The Bertz CT molecular complexity index is 1480. The lowest BCUT2D eigenvalue weighted by atomic mass is 10.1. The summed E-state index contributed by atoms with van der Waals surface area (Å²) in [5.74, 6) is -0.391. The van der Waals surface area contributed by atoms with E-state index < -0.39 is 16.3 Å². The summed E-state index contributed by atoms with van der Waals surface area (Å²) in [6.45, 7) is 2.36. The van der Waals surface area contributed by atoms with Crippen LogP contribution in [0.25, 0.3) is 10.9 Å². The summed E-state index contributed by atoms with van der Waals surface area (Å²) in [5, 5.41) is 14.4. The molecule has 5 N–H and O–H groups in total. The third kappa shape index (κ3) is 3.72. The predicted molar refractivity (Wildman–Crippen MR) is 132 cm³/mol. The van der Waals surface area contributed by atoms with Gasteiger partial charge in [0, 0.05) is 5.39 Å². The fraction of sp³-hybridized carbons (Fsp3) is 0.0833. The lowest BCUT2D eigenvalue weighted by Gasteiger charge is -2.34. The standard InChI is InChI=1S/C24H22N4O4S/c1-15-7-6-8-16(13-15)14-25-28-19-11-4-2-9-17(19)22(29)21(24(28)30)23-26-18-10-3-5-12-20(18)33(31,32)27-23/h2-13,25,29,31-32H,14H2,1H3,(H,26,27). The Morgan fingerprint density at radius 3 is 2.61 bits per heavy atom. The van der Waals surface area contributed by atoms with Crippen molar-refractivity contribution in [2.45, 2.75) is 18.4 Å². The molecule has 4 aromatic rings. The molecular weight excluding hydrogens is 440 g/mol. The van der Waals surface area contributed by atoms with Crippen molar-refractivity contribution in [1.82, 2.24) is 4.68 Å². The Hall–Kier alpha value is -3.79. The maximum Gasteiger partial charge on any atom is 0.284 e. The van der Waals surface area contributed by atoms with Crippen LogP contribution in [-0.2, 0) is 6.54 Å². The molecule has 8 nitrogen and oxygen atoms in total. The third-order valence-electron chi connectivity index (χ3n) is 5.47. The van der Waals surface area contributed by atoms with Crippen molar-refractivity contribution in [3.05, 3.63) is 99.8 Å². The summed E-state index contributed by atoms with van der Waals surface area (Å²) in [6, 6.07) is 21.5. The van der Waals surface area contributed by atoms with Gasteiger partial charge in [-0.15, -0.1) is 4.40 Å². The van der Waals surface area contributed by atoms with Crippen molar-refractivity contribution in [3.63, 3.8) is 0 Å². The molecule has 1 aliphatic rings. The zero-order chi connectivity index (χ0) is 23.2. The number of rotatable bonds is 4. The number of benzene rings is 3. The summed E-state index contributed by atoms with van der Waals surface area (Å²) in [6.07, 6.45) is 0. The van der Waals surface area contributed by atoms with E-state index in [1.165, 1.54) is 4.68 Å². The second-order valence-corrected chi connectivity index (χ2v) is 9.45. The minimum Gasteiger partial charge on any atom is -0.506 e. The van der Waals surface area contributed by atoms with E-state index in [-0.39, 0.29) is 22.0 Å². The SMILES string of the molecule is Cc1cccc(CNn2c(=O)c(C3=NS(O)(O)c4ccccc4N3)c(O)c3ccccc32)c1. The minimum absolute atomic E-state index is 0.104. The Morgan fingerprint density at radius 2 is 1.79 bits per heavy atom. The number of nitrogens with one attached hydrogen (secondary N) is 2. The molecule has 168 valence electrons. The van der Waals surface area contributed by atoms with E-state index in [4.69, 9.17) is 0 Å². The molecule has 0 saturated carbocycles. The van der Waals surface area contributed by atoms with E-state index in [1.54, 1.807) is 48.5 Å². The number of amidine groups is 1. The van der Waals surface area contributed by atoms with Crippen LogP contribution < -0.4 is 16.3 Å². The molecule has 0 aliphatic carbocycles. The van der Waals surface area contributed by atoms with Crippen LogP contribution in [0.4, 0.5) is 5.69 Å². The quantitative estimate of drug-likeness (QED) is 0.301. The Labute approximate surface area is 191 Å². The first kappa shape index (κ1) is 21.1. The van der Waals surface area contributed by atoms with Crippen LogP contribution in [-0.4, -0.2) is 24.7 Å². The first-order valence-corrected chi connectivity index (χ1v) is 11.8. The number of fused-ring (bicyclic) bond motifs is 2. The Kier molecular flexibility index (Phi) is 5.09. The Morgan fingerprint density at radius 1 is 1.03 bits per heavy atom. The highest BCUT2D eigenvalue weighted by Gasteiger charge is 2.30. The topological polar surface area (TPSA) is 119 Å². The van der Waals surface area contributed by atoms with E-state index in [0.29, 0.717) is 23.1 Å². The molecular formula is C24H22N4O4S. The second kappa shape index (κ2) is 7.96. The molecule has 1 aromatic heterocycles. The van der Waals surface area contributed by atoms with Crippen molar-refractivity contribution in [2.24, 2.45) is 4.40 Å². The summed E-state index contributed by atoms with van der Waals surface area (Å²) >= 11 is 0. The van der Waals surface area contributed by atoms with Gasteiger partial charge in [0.25, 0.3) is 5.56 Å². The number of aromatic hydroxyl groups is 1. The highest BCUT2D eigenvalue weighted by molar-refractivity contribution is 8.23. The van der Waals surface area contributed by atoms with Crippen LogP contribution in [0.1, 0.15) is 16.7 Å². The van der Waals surface area contributed by atoms with E-state index in [1.807, 2.05) is 31.2 Å². The van der Waals surface area contributed by atoms with Crippen LogP contribution in [0, 0.1) is 6.92 Å². The fourth-order valence-electron chi connectivity index (χ4n) is 3.93. The van der Waals surface area contributed by atoms with E-state index in [2.05, 4.69) is 15.1 Å². The van der Waals surface area contributed by atoms with Crippen molar-refractivity contribution in [3.8, 4) is 5.75 Å². The minimum atomic E-state index is -3.55. The van der Waals surface area contributed by atoms with Gasteiger partial charge < -0.3 is 15.8 Å². The zero-order valence-corrected chi connectivity index (χ0v) is 18.5. The molecule has 0 unspecified atom stereocenters. The number of hydrogen-bond acceptors (Lipinski definition) is 7. The molecule has 0 amide bonds. The number of anilines is 1. The van der Waals surface area contributed by atoms with Gasteiger partial charge in [0.15, 0.2) is 5.84 Å². The van der Waals surface area contributed by atoms with Gasteiger partial charge >= 0.3 is 0 Å². The van der Waals surface area contributed by atoms with Gasteiger partial charge in [0.05, 0.1) is 17.7 Å². The van der Waals surface area contributed by atoms with Crippen molar-refractivity contribution >= 4 is 33.2 Å². The Balaban J connectivity index is 1.66. The molecule has 0 atom stereocenters. The van der Waals surface area contributed by atoms with Gasteiger partial charge in [-0.3, -0.25) is 13.9 Å². The van der Waals surface area contributed by atoms with Gasteiger partial charge in [-0.1, -0.05) is 64.9 Å². The third-order valence-corrected chi connectivity index (χ3v) is 6.85. The largest absolute Gasteiger partial charge is 0.506 e. The molecule has 3 aromatic carbocycles. The lowest BCUT2D eigenvalue weighted by molar-refractivity contribution is 0.478. The predicted octanol–water partition coefficient (Wildman–Crippen LogP) is 4.66. The van der Waals surface area contributed by atoms with Gasteiger partial charge in [-0.2, -0.15) is 0 Å². The molecule has 0 fully saturated rings. The van der Waals surface area contributed by atoms with Gasteiger partial charge in [0.2, 0.25) is 0 Å². The molecule has 0 spiro atoms. The maximum atomic E-state index is 13.6. The normalized spacial score (nSPS) is 15.3. The monoisotopic (exact) mass is 462 g/mol. The van der Waals surface area contributed by atoms with Crippen LogP contribution in [0.5, 0.6) is 5.75 Å². The van der Waals surface area contributed by atoms with Crippen molar-refractivity contribution < 1.29 is 14.2 Å². The number of aromatic nitrogens is 1. The molecule has 2 heterocycles. The van der Waals surface area contributed by atoms with Crippen LogP contribution in [0.3, 0.4) is 0 Å². The molecule has 5 rings (SSSR count). The van der Waals surface area contributed by atoms with Crippen molar-refractivity contribution in [2.75, 3.05) is 10.7 Å². The highest BCUT2D eigenvalue weighted by atomic mass is 32.3. The number of nitrogens with zero attached hydrogens (tertiary/aromatic N) is 2. The van der Waals surface area contributed by atoms with Gasteiger partial charge in [0.1, 0.15) is 16.2 Å². The number of aryl methyl sites for hydroxylation is 1. The van der Waals surface area contributed by atoms with Crippen LogP contribution >= 0.6 is 10.8 Å². The van der Waals surface area contributed by atoms with Crippen LogP contribution in [0.15, 0.2) is 86.9 Å². The smallest absolute Gasteiger partial charge is 0.284 e. The molecule has 33 heavy (non-hydrogen) atoms. The lowest BCUT2D eigenvalue weighted by Crippen LogP contribution is -2.36. The zero-order valence-electron chi connectivity index (χ0n) is 17.7. The average molecular weight is 463 g/mol. The first-order chi connectivity index (χ1) is 15.8. The van der Waals surface area contributed by atoms with E-state index >= 15 is 0 Å². The first-order valence-electron chi connectivity index (χ1n) is 10.3. The summed E-state index contributed by atoms with van der Waals surface area (Å²) in [5.41, 5.74) is 5.40. The summed E-state index contributed by atoms with van der Waals surface area (Å²) < 4.78 is 26.6. The molecule has 1 aliphatic heterocycles. The number of hydrogen-bond donors (Lipinski definition) is 5. The van der Waals surface area contributed by atoms with E-state index in [9.17, 15) is 19.0 Å². The second-order valence-electron chi connectivity index (χ2n) is 7.79. The fourth-order valence-corrected chi connectivity index (χ4v) is 5.10. The maximum absolute atomic E-state index is 13.6.